The van der Waals surface area contributed by atoms with Gasteiger partial charge >= 0.3 is 0 Å². The predicted octanol–water partition coefficient (Wildman–Crippen LogP) is 1.43. The van der Waals surface area contributed by atoms with E-state index in [0.717, 1.165) is 57.4 Å². The van der Waals surface area contributed by atoms with Crippen LogP contribution in [0.15, 0.2) is 12.4 Å². The molecule has 6 nitrogen and oxygen atoms in total. The second kappa shape index (κ2) is 8.01. The van der Waals surface area contributed by atoms with Crippen LogP contribution in [-0.2, 0) is 4.74 Å². The Bertz CT molecular complexity index is 401. The average molecular weight is 279 g/mol. The highest BCUT2D eigenvalue weighted by Crippen LogP contribution is 2.10. The van der Waals surface area contributed by atoms with Crippen LogP contribution < -0.4 is 10.6 Å². The van der Waals surface area contributed by atoms with E-state index in [1.54, 1.807) is 6.33 Å². The summed E-state index contributed by atoms with van der Waals surface area (Å²) in [6.07, 6.45) is 2.89. The normalized spacial score (nSPS) is 19.8. The molecule has 1 unspecified atom stereocenters. The summed E-state index contributed by atoms with van der Waals surface area (Å²) in [5, 5.41) is 6.59. The lowest BCUT2D eigenvalue weighted by atomic mass is 10.2. The van der Waals surface area contributed by atoms with Crippen molar-refractivity contribution in [3.05, 3.63) is 12.4 Å². The van der Waals surface area contributed by atoms with Crippen LogP contribution >= 0.6 is 0 Å². The van der Waals surface area contributed by atoms with Gasteiger partial charge in [0.05, 0.1) is 12.7 Å². The van der Waals surface area contributed by atoms with Gasteiger partial charge in [0, 0.05) is 32.2 Å². The lowest BCUT2D eigenvalue weighted by Gasteiger charge is -2.32. The van der Waals surface area contributed by atoms with Gasteiger partial charge in [0.25, 0.3) is 0 Å². The summed E-state index contributed by atoms with van der Waals surface area (Å²) in [7, 11) is 0. The molecule has 1 aromatic rings. The first-order chi connectivity index (χ1) is 9.81. The molecule has 2 heterocycles. The summed E-state index contributed by atoms with van der Waals surface area (Å²) in [6, 6.07) is 1.94. The maximum atomic E-state index is 5.76. The minimum atomic E-state index is 0.228. The van der Waals surface area contributed by atoms with Crippen molar-refractivity contribution in [1.29, 1.82) is 0 Å². The quantitative estimate of drug-likeness (QED) is 0.787. The SMILES string of the molecule is CCCNc1cc(NCC2CN(CC)CCO2)ncn1. The summed E-state index contributed by atoms with van der Waals surface area (Å²) >= 11 is 0. The molecule has 1 atom stereocenters. The monoisotopic (exact) mass is 279 g/mol. The molecule has 20 heavy (non-hydrogen) atoms. The summed E-state index contributed by atoms with van der Waals surface area (Å²) < 4.78 is 5.76. The van der Waals surface area contributed by atoms with Crippen molar-refractivity contribution in [2.75, 3.05) is 50.0 Å². The highest BCUT2D eigenvalue weighted by Gasteiger charge is 2.18. The van der Waals surface area contributed by atoms with E-state index in [1.807, 2.05) is 6.07 Å². The van der Waals surface area contributed by atoms with Crippen molar-refractivity contribution in [2.45, 2.75) is 26.4 Å². The van der Waals surface area contributed by atoms with Crippen molar-refractivity contribution in [3.8, 4) is 0 Å². The van der Waals surface area contributed by atoms with Gasteiger partial charge < -0.3 is 15.4 Å². The molecule has 0 radical (unpaired) electrons. The molecule has 1 fully saturated rings. The standard InChI is InChI=1S/C14H25N5O/c1-3-5-15-13-8-14(18-11-17-13)16-9-12-10-19(4-2)6-7-20-12/h8,11-12H,3-7,9-10H2,1-2H3,(H2,15,16,17,18). The lowest BCUT2D eigenvalue weighted by Crippen LogP contribution is -2.45. The van der Waals surface area contributed by atoms with Gasteiger partial charge in [-0.1, -0.05) is 13.8 Å². The Morgan fingerprint density at radius 1 is 1.30 bits per heavy atom. The number of anilines is 2. The van der Waals surface area contributed by atoms with Crippen LogP contribution in [-0.4, -0.2) is 60.3 Å². The van der Waals surface area contributed by atoms with Gasteiger partial charge in [-0.3, -0.25) is 4.90 Å². The zero-order chi connectivity index (χ0) is 14.2. The van der Waals surface area contributed by atoms with E-state index in [9.17, 15) is 0 Å². The average Bonchev–Trinajstić information content (AvgIpc) is 2.51. The summed E-state index contributed by atoms with van der Waals surface area (Å²) in [6.45, 7) is 9.93. The molecule has 1 aliphatic heterocycles. The maximum absolute atomic E-state index is 5.76. The molecular formula is C14H25N5O. The number of hydrogen-bond donors (Lipinski definition) is 2. The Balaban J connectivity index is 1.81. The second-order valence-electron chi connectivity index (χ2n) is 4.98. The number of nitrogens with one attached hydrogen (secondary N) is 2. The van der Waals surface area contributed by atoms with Crippen molar-refractivity contribution in [2.24, 2.45) is 0 Å². The zero-order valence-electron chi connectivity index (χ0n) is 12.4. The molecule has 0 aliphatic carbocycles. The molecule has 0 amide bonds. The van der Waals surface area contributed by atoms with Gasteiger partial charge in [-0.2, -0.15) is 0 Å². The first-order valence-electron chi connectivity index (χ1n) is 7.45. The van der Waals surface area contributed by atoms with Crippen LogP contribution in [0.2, 0.25) is 0 Å². The fourth-order valence-corrected chi connectivity index (χ4v) is 2.21. The number of aromatic nitrogens is 2. The number of hydrogen-bond acceptors (Lipinski definition) is 6. The van der Waals surface area contributed by atoms with E-state index < -0.39 is 0 Å². The molecule has 0 spiro atoms. The van der Waals surface area contributed by atoms with Crippen LogP contribution in [0.5, 0.6) is 0 Å². The molecule has 6 heteroatoms. The third-order valence-corrected chi connectivity index (χ3v) is 3.40. The van der Waals surface area contributed by atoms with Crippen LogP contribution in [0.4, 0.5) is 11.6 Å². The Labute approximate surface area is 120 Å². The first-order valence-corrected chi connectivity index (χ1v) is 7.45. The number of morpholine rings is 1. The van der Waals surface area contributed by atoms with Crippen LogP contribution in [0.25, 0.3) is 0 Å². The molecule has 0 saturated carbocycles. The van der Waals surface area contributed by atoms with Gasteiger partial charge in [-0.15, -0.1) is 0 Å². The molecule has 1 saturated heterocycles. The van der Waals surface area contributed by atoms with E-state index >= 15 is 0 Å². The largest absolute Gasteiger partial charge is 0.374 e. The van der Waals surface area contributed by atoms with Crippen LogP contribution in [0.1, 0.15) is 20.3 Å². The number of rotatable bonds is 7. The number of nitrogens with zero attached hydrogens (tertiary/aromatic N) is 3. The summed E-state index contributed by atoms with van der Waals surface area (Å²) in [4.78, 5) is 10.8. The van der Waals surface area contributed by atoms with Crippen molar-refractivity contribution in [1.82, 2.24) is 14.9 Å². The highest BCUT2D eigenvalue weighted by molar-refractivity contribution is 5.46. The van der Waals surface area contributed by atoms with Crippen LogP contribution in [0, 0.1) is 0 Å². The number of likely N-dealkylation sites (N-methyl/N-ethyl adjacent to an activating group) is 1. The van der Waals surface area contributed by atoms with Crippen molar-refractivity contribution >= 4 is 11.6 Å². The third-order valence-electron chi connectivity index (χ3n) is 3.40. The molecule has 112 valence electrons. The van der Waals surface area contributed by atoms with Gasteiger partial charge in [0.15, 0.2) is 0 Å². The van der Waals surface area contributed by atoms with Gasteiger partial charge in [-0.25, -0.2) is 9.97 Å². The van der Waals surface area contributed by atoms with Crippen molar-refractivity contribution in [3.63, 3.8) is 0 Å². The van der Waals surface area contributed by atoms with E-state index in [2.05, 4.69) is 39.3 Å². The molecule has 2 rings (SSSR count). The van der Waals surface area contributed by atoms with Crippen molar-refractivity contribution < 1.29 is 4.74 Å². The molecule has 0 bridgehead atoms. The topological polar surface area (TPSA) is 62.3 Å². The van der Waals surface area contributed by atoms with E-state index in [4.69, 9.17) is 4.74 Å². The van der Waals surface area contributed by atoms with E-state index in [1.165, 1.54) is 0 Å². The van der Waals surface area contributed by atoms with Gasteiger partial charge in [0.1, 0.15) is 18.0 Å². The molecule has 0 aromatic carbocycles. The minimum Gasteiger partial charge on any atom is -0.374 e. The first kappa shape index (κ1) is 15.0. The van der Waals surface area contributed by atoms with E-state index in [0.29, 0.717) is 0 Å². The van der Waals surface area contributed by atoms with Gasteiger partial charge in [0.2, 0.25) is 0 Å². The molecule has 2 N–H and O–H groups in total. The smallest absolute Gasteiger partial charge is 0.131 e. The third kappa shape index (κ3) is 4.61. The van der Waals surface area contributed by atoms with Crippen LogP contribution in [0.3, 0.4) is 0 Å². The van der Waals surface area contributed by atoms with E-state index in [-0.39, 0.29) is 6.10 Å². The summed E-state index contributed by atoms with van der Waals surface area (Å²) in [5.74, 6) is 1.71. The fourth-order valence-electron chi connectivity index (χ4n) is 2.21. The highest BCUT2D eigenvalue weighted by atomic mass is 16.5. The fraction of sp³-hybridized carbons (Fsp3) is 0.714. The maximum Gasteiger partial charge on any atom is 0.131 e. The predicted molar refractivity (Wildman–Crippen MR) is 81.2 cm³/mol. The Morgan fingerprint density at radius 3 is 2.85 bits per heavy atom. The molecule has 1 aliphatic rings. The Hall–Kier alpha value is -1.40. The Morgan fingerprint density at radius 2 is 2.10 bits per heavy atom. The second-order valence-corrected chi connectivity index (χ2v) is 4.98. The van der Waals surface area contributed by atoms with Gasteiger partial charge in [-0.05, 0) is 13.0 Å². The Kier molecular flexibility index (Phi) is 6.01. The number of ether oxygens (including phenoxy) is 1. The minimum absolute atomic E-state index is 0.228. The molecule has 1 aromatic heterocycles. The lowest BCUT2D eigenvalue weighted by molar-refractivity contribution is -0.0192. The summed E-state index contributed by atoms with van der Waals surface area (Å²) in [5.41, 5.74) is 0. The zero-order valence-corrected chi connectivity index (χ0v) is 12.4. The molecular weight excluding hydrogens is 254 g/mol.